The fraction of sp³-hybridized carbons (Fsp3) is 0.667. The normalized spacial score (nSPS) is 30.1. The molecule has 4 rings (SSSR count). The van der Waals surface area contributed by atoms with Crippen molar-refractivity contribution in [1.29, 1.82) is 0 Å². The first-order valence-corrected chi connectivity index (χ1v) is 10.6. The van der Waals surface area contributed by atoms with Crippen LogP contribution in [0.2, 0.25) is 0 Å². The quantitative estimate of drug-likeness (QED) is 0.672. The van der Waals surface area contributed by atoms with Gasteiger partial charge in [-0.15, -0.1) is 0 Å². The zero-order chi connectivity index (χ0) is 20.0. The van der Waals surface area contributed by atoms with Gasteiger partial charge in [-0.1, -0.05) is 43.9 Å². The highest BCUT2D eigenvalue weighted by atomic mass is 32.1. The molecular weight excluding hydrogens is 385 g/mol. The summed E-state index contributed by atoms with van der Waals surface area (Å²) in [6.45, 7) is -0.0371. The van der Waals surface area contributed by atoms with Crippen molar-refractivity contribution in [2.75, 3.05) is 0 Å². The van der Waals surface area contributed by atoms with E-state index in [4.69, 9.17) is 12.2 Å². The molecule has 0 radical (unpaired) electrons. The first-order valence-electron chi connectivity index (χ1n) is 10.2. The highest BCUT2D eigenvalue weighted by molar-refractivity contribution is 7.80. The molecule has 0 bridgehead atoms. The van der Waals surface area contributed by atoms with Gasteiger partial charge >= 0.3 is 6.18 Å². The number of alkyl halides is 3. The van der Waals surface area contributed by atoms with Crippen molar-refractivity contribution < 1.29 is 18.3 Å². The van der Waals surface area contributed by atoms with E-state index in [9.17, 15) is 18.3 Å². The molecule has 2 atom stereocenters. The van der Waals surface area contributed by atoms with Crippen molar-refractivity contribution in [3.63, 3.8) is 0 Å². The van der Waals surface area contributed by atoms with Crippen molar-refractivity contribution in [3.8, 4) is 0 Å². The third-order valence-electron chi connectivity index (χ3n) is 6.98. The molecule has 1 saturated heterocycles. The van der Waals surface area contributed by atoms with Crippen LogP contribution in [0.3, 0.4) is 0 Å². The van der Waals surface area contributed by atoms with Crippen LogP contribution in [-0.2, 0) is 12.7 Å². The maximum atomic E-state index is 13.5. The topological polar surface area (TPSA) is 35.5 Å². The monoisotopic (exact) mass is 412 g/mol. The molecular formula is C21H27F3N2OS. The summed E-state index contributed by atoms with van der Waals surface area (Å²) in [4.78, 5) is 1.64. The van der Waals surface area contributed by atoms with Gasteiger partial charge in [-0.2, -0.15) is 13.2 Å². The number of hydrogen-bond acceptors (Lipinski definition) is 2. The van der Waals surface area contributed by atoms with Gasteiger partial charge in [0.15, 0.2) is 5.11 Å². The second-order valence-corrected chi connectivity index (χ2v) is 8.95. The molecule has 1 spiro atoms. The molecule has 28 heavy (non-hydrogen) atoms. The fourth-order valence-electron chi connectivity index (χ4n) is 5.69. The third kappa shape index (κ3) is 3.30. The highest BCUT2D eigenvalue weighted by Gasteiger charge is 2.58. The second-order valence-electron chi connectivity index (χ2n) is 8.56. The molecule has 2 N–H and O–H groups in total. The van der Waals surface area contributed by atoms with E-state index < -0.39 is 17.5 Å². The number of thiocarbonyl (C=S) groups is 1. The van der Waals surface area contributed by atoms with E-state index in [0.29, 0.717) is 11.5 Å². The van der Waals surface area contributed by atoms with Crippen LogP contribution < -0.4 is 5.32 Å². The molecule has 2 aliphatic carbocycles. The summed E-state index contributed by atoms with van der Waals surface area (Å²) in [5.74, 6) is -0.0150. The molecule has 2 saturated carbocycles. The number of aliphatic hydroxyl groups is 1. The Labute approximate surface area is 169 Å². The predicted molar refractivity (Wildman–Crippen MR) is 105 cm³/mol. The minimum absolute atomic E-state index is 0.0150. The van der Waals surface area contributed by atoms with Gasteiger partial charge in [-0.3, -0.25) is 0 Å². The molecule has 1 aromatic carbocycles. The van der Waals surface area contributed by atoms with Gasteiger partial charge in [0.1, 0.15) is 5.72 Å². The first kappa shape index (κ1) is 20.0. The van der Waals surface area contributed by atoms with E-state index in [0.717, 1.165) is 51.0 Å². The van der Waals surface area contributed by atoms with Crippen LogP contribution in [-0.4, -0.2) is 26.4 Å². The molecule has 0 amide bonds. The zero-order valence-corrected chi connectivity index (χ0v) is 16.7. The van der Waals surface area contributed by atoms with Crippen molar-refractivity contribution in [1.82, 2.24) is 10.2 Å². The molecule has 1 heterocycles. The fourth-order valence-corrected chi connectivity index (χ4v) is 6.12. The summed E-state index contributed by atoms with van der Waals surface area (Å²) in [5, 5.41) is 15.7. The Kier molecular flexibility index (Phi) is 5.11. The van der Waals surface area contributed by atoms with Crippen molar-refractivity contribution in [2.45, 2.75) is 81.8 Å². The van der Waals surface area contributed by atoms with Crippen molar-refractivity contribution in [3.05, 3.63) is 35.4 Å². The molecule has 7 heteroatoms. The lowest BCUT2D eigenvalue weighted by molar-refractivity contribution is -0.185. The summed E-state index contributed by atoms with van der Waals surface area (Å²) in [7, 11) is 0. The van der Waals surface area contributed by atoms with Crippen molar-refractivity contribution in [2.24, 2.45) is 5.92 Å². The smallest absolute Gasteiger partial charge is 0.370 e. The molecule has 3 aliphatic rings. The lowest BCUT2D eigenvalue weighted by Gasteiger charge is -2.61. The van der Waals surface area contributed by atoms with E-state index in [1.165, 1.54) is 18.6 Å². The average molecular weight is 413 g/mol. The molecule has 1 aromatic rings. The third-order valence-corrected chi connectivity index (χ3v) is 7.30. The van der Waals surface area contributed by atoms with Gasteiger partial charge in [0, 0.05) is 18.0 Å². The van der Waals surface area contributed by atoms with Gasteiger partial charge in [-0.05, 0) is 56.0 Å². The Morgan fingerprint density at radius 3 is 2.46 bits per heavy atom. The number of fused-ring (bicyclic) bond motifs is 2. The molecule has 1 aliphatic heterocycles. The minimum atomic E-state index is -4.43. The Morgan fingerprint density at radius 2 is 1.75 bits per heavy atom. The summed E-state index contributed by atoms with van der Waals surface area (Å²) in [6, 6.07) is 5.59. The van der Waals surface area contributed by atoms with E-state index in [-0.39, 0.29) is 23.6 Å². The maximum Gasteiger partial charge on any atom is 0.416 e. The molecule has 3 nitrogen and oxygen atoms in total. The number of hydrogen-bond donors (Lipinski definition) is 2. The van der Waals surface area contributed by atoms with Crippen LogP contribution in [0.5, 0.6) is 0 Å². The summed E-state index contributed by atoms with van der Waals surface area (Å²) < 4.78 is 40.5. The van der Waals surface area contributed by atoms with E-state index in [1.807, 2.05) is 0 Å². The number of rotatable bonds is 2. The number of benzene rings is 1. The van der Waals surface area contributed by atoms with Gasteiger partial charge in [0.25, 0.3) is 0 Å². The SMILES string of the molecule is O[C@]12CCCC[C@@H]1C1(CCCCC1)NC(=S)N2Cc1ccccc1C(F)(F)F. The summed E-state index contributed by atoms with van der Waals surface area (Å²) in [5.41, 5.74) is -1.91. The Balaban J connectivity index is 1.70. The average Bonchev–Trinajstić information content (AvgIpc) is 2.65. The second kappa shape index (κ2) is 7.17. The molecule has 0 aromatic heterocycles. The van der Waals surface area contributed by atoms with Crippen LogP contribution in [0, 0.1) is 5.92 Å². The summed E-state index contributed by atoms with van der Waals surface area (Å²) >= 11 is 5.63. The first-order chi connectivity index (χ1) is 13.3. The van der Waals surface area contributed by atoms with Crippen molar-refractivity contribution >= 4 is 17.3 Å². The lowest BCUT2D eigenvalue weighted by atomic mass is 9.62. The Hall–Kier alpha value is -1.34. The van der Waals surface area contributed by atoms with Gasteiger partial charge in [0.05, 0.1) is 5.56 Å². The Morgan fingerprint density at radius 1 is 1.07 bits per heavy atom. The molecule has 0 unspecified atom stereocenters. The van der Waals surface area contributed by atoms with E-state index in [2.05, 4.69) is 5.32 Å². The van der Waals surface area contributed by atoms with Gasteiger partial charge in [-0.25, -0.2) is 0 Å². The Bertz CT molecular complexity index is 747. The molecule has 3 fully saturated rings. The van der Waals surface area contributed by atoms with Crippen LogP contribution in [0.25, 0.3) is 0 Å². The van der Waals surface area contributed by atoms with Gasteiger partial charge < -0.3 is 15.3 Å². The highest BCUT2D eigenvalue weighted by Crippen LogP contribution is 2.51. The summed E-state index contributed by atoms with van der Waals surface area (Å²) in [6.07, 6.45) is 4.21. The predicted octanol–water partition coefficient (Wildman–Crippen LogP) is 4.98. The van der Waals surface area contributed by atoms with E-state index in [1.54, 1.807) is 11.0 Å². The van der Waals surface area contributed by atoms with E-state index >= 15 is 0 Å². The molecule has 154 valence electrons. The standard InChI is InChI=1S/C21H27F3N2OS/c22-21(23,24)16-9-3-2-8-15(16)14-26-18(28)25-19(11-5-1-6-12-19)17-10-4-7-13-20(17,26)27/h2-3,8-9,17,27H,1,4-7,10-14H2,(H,25,28)/t17-,20-/m1/s1. The number of halogens is 3. The van der Waals surface area contributed by atoms with Crippen LogP contribution >= 0.6 is 12.2 Å². The largest absolute Gasteiger partial charge is 0.416 e. The van der Waals surface area contributed by atoms with Crippen LogP contribution in [0.15, 0.2) is 24.3 Å². The zero-order valence-electron chi connectivity index (χ0n) is 15.9. The minimum Gasteiger partial charge on any atom is -0.370 e. The lowest BCUT2D eigenvalue weighted by Crippen LogP contribution is -2.75. The van der Waals surface area contributed by atoms with Crippen LogP contribution in [0.4, 0.5) is 13.2 Å². The number of nitrogens with zero attached hydrogens (tertiary/aromatic N) is 1. The van der Waals surface area contributed by atoms with Gasteiger partial charge in [0.2, 0.25) is 0 Å². The maximum absolute atomic E-state index is 13.5. The van der Waals surface area contributed by atoms with Crippen LogP contribution in [0.1, 0.15) is 68.9 Å². The number of nitrogens with one attached hydrogen (secondary N) is 1.